The fraction of sp³-hybridized carbons (Fsp3) is 0.258. The SMILES string of the molecule is CC(C)Cc1coc2ccc(-c3ccnc(-c4cc(C(C)(C)C)c5ccccc5c4)c3)cc12. The van der Waals surface area contributed by atoms with Gasteiger partial charge < -0.3 is 4.42 Å². The van der Waals surface area contributed by atoms with E-state index < -0.39 is 0 Å². The third kappa shape index (κ3) is 4.18. The smallest absolute Gasteiger partial charge is 0.134 e. The Labute approximate surface area is 196 Å². The van der Waals surface area contributed by atoms with Crippen LogP contribution in [0.5, 0.6) is 0 Å². The van der Waals surface area contributed by atoms with E-state index in [-0.39, 0.29) is 5.41 Å². The maximum Gasteiger partial charge on any atom is 0.134 e. The highest BCUT2D eigenvalue weighted by atomic mass is 16.3. The van der Waals surface area contributed by atoms with E-state index in [1.807, 2.05) is 12.5 Å². The highest BCUT2D eigenvalue weighted by Gasteiger charge is 2.19. The summed E-state index contributed by atoms with van der Waals surface area (Å²) in [5.41, 5.74) is 8.14. The molecule has 0 aliphatic heterocycles. The molecule has 33 heavy (non-hydrogen) atoms. The van der Waals surface area contributed by atoms with Crippen LogP contribution in [0, 0.1) is 5.92 Å². The Morgan fingerprint density at radius 2 is 1.61 bits per heavy atom. The highest BCUT2D eigenvalue weighted by Crippen LogP contribution is 2.36. The number of fused-ring (bicyclic) bond motifs is 2. The number of pyridine rings is 1. The average Bonchev–Trinajstić information content (AvgIpc) is 3.19. The molecular formula is C31H31NO. The number of nitrogens with zero attached hydrogens (tertiary/aromatic N) is 1. The van der Waals surface area contributed by atoms with Gasteiger partial charge in [0.05, 0.1) is 12.0 Å². The molecule has 5 rings (SSSR count). The lowest BCUT2D eigenvalue weighted by Gasteiger charge is -2.22. The molecule has 0 saturated carbocycles. The molecule has 0 spiro atoms. The lowest BCUT2D eigenvalue weighted by molar-refractivity contribution is 0.594. The Kier molecular flexibility index (Phi) is 5.32. The predicted molar refractivity (Wildman–Crippen MR) is 140 cm³/mol. The lowest BCUT2D eigenvalue weighted by atomic mass is 9.82. The van der Waals surface area contributed by atoms with E-state index in [0.29, 0.717) is 5.92 Å². The van der Waals surface area contributed by atoms with E-state index in [1.165, 1.54) is 38.4 Å². The summed E-state index contributed by atoms with van der Waals surface area (Å²) in [6, 6.07) is 24.0. The normalized spacial score (nSPS) is 12.2. The Morgan fingerprint density at radius 3 is 2.39 bits per heavy atom. The van der Waals surface area contributed by atoms with Crippen molar-refractivity contribution < 1.29 is 4.42 Å². The van der Waals surface area contributed by atoms with Gasteiger partial charge in [-0.2, -0.15) is 0 Å². The number of furan rings is 1. The quantitative estimate of drug-likeness (QED) is 0.283. The van der Waals surface area contributed by atoms with Gasteiger partial charge in [-0.15, -0.1) is 0 Å². The number of rotatable bonds is 4. The van der Waals surface area contributed by atoms with Crippen molar-refractivity contribution in [2.75, 3.05) is 0 Å². The second kappa shape index (κ2) is 8.19. The summed E-state index contributed by atoms with van der Waals surface area (Å²) >= 11 is 0. The number of benzene rings is 3. The van der Waals surface area contributed by atoms with Gasteiger partial charge in [0.15, 0.2) is 0 Å². The van der Waals surface area contributed by atoms with E-state index in [2.05, 4.69) is 101 Å². The summed E-state index contributed by atoms with van der Waals surface area (Å²) in [6.07, 6.45) is 4.85. The van der Waals surface area contributed by atoms with Crippen LogP contribution < -0.4 is 0 Å². The lowest BCUT2D eigenvalue weighted by Crippen LogP contribution is -2.12. The maximum atomic E-state index is 5.81. The molecule has 2 heteroatoms. The highest BCUT2D eigenvalue weighted by molar-refractivity contribution is 5.91. The molecular weight excluding hydrogens is 402 g/mol. The average molecular weight is 434 g/mol. The molecule has 0 aliphatic rings. The van der Waals surface area contributed by atoms with E-state index in [9.17, 15) is 0 Å². The molecule has 0 radical (unpaired) electrons. The monoisotopic (exact) mass is 433 g/mol. The molecule has 2 aromatic heterocycles. The third-order valence-corrected chi connectivity index (χ3v) is 6.34. The molecule has 0 amide bonds. The van der Waals surface area contributed by atoms with Crippen molar-refractivity contribution in [3.63, 3.8) is 0 Å². The summed E-state index contributed by atoms with van der Waals surface area (Å²) in [6.45, 7) is 11.3. The van der Waals surface area contributed by atoms with Gasteiger partial charge in [0, 0.05) is 17.1 Å². The van der Waals surface area contributed by atoms with Crippen LogP contribution in [-0.2, 0) is 11.8 Å². The van der Waals surface area contributed by atoms with Crippen molar-refractivity contribution in [1.82, 2.24) is 4.98 Å². The first-order chi connectivity index (χ1) is 15.8. The summed E-state index contributed by atoms with van der Waals surface area (Å²) < 4.78 is 5.81. The molecule has 0 atom stereocenters. The third-order valence-electron chi connectivity index (χ3n) is 6.34. The first-order valence-electron chi connectivity index (χ1n) is 11.8. The van der Waals surface area contributed by atoms with Crippen molar-refractivity contribution in [2.45, 2.75) is 46.5 Å². The van der Waals surface area contributed by atoms with Crippen molar-refractivity contribution in [1.29, 1.82) is 0 Å². The van der Waals surface area contributed by atoms with Crippen LogP contribution >= 0.6 is 0 Å². The topological polar surface area (TPSA) is 26.0 Å². The molecule has 0 bridgehead atoms. The largest absolute Gasteiger partial charge is 0.464 e. The van der Waals surface area contributed by atoms with Crippen molar-refractivity contribution in [3.8, 4) is 22.4 Å². The minimum atomic E-state index is 0.0480. The summed E-state index contributed by atoms with van der Waals surface area (Å²) in [7, 11) is 0. The molecule has 2 nitrogen and oxygen atoms in total. The zero-order valence-corrected chi connectivity index (χ0v) is 20.1. The van der Waals surface area contributed by atoms with Crippen LogP contribution in [0.15, 0.2) is 83.6 Å². The molecule has 5 aromatic rings. The van der Waals surface area contributed by atoms with Crippen LogP contribution in [0.3, 0.4) is 0 Å². The van der Waals surface area contributed by atoms with Crippen LogP contribution in [0.1, 0.15) is 45.7 Å². The summed E-state index contributed by atoms with van der Waals surface area (Å²) in [5, 5.41) is 3.78. The Bertz CT molecular complexity index is 1450. The van der Waals surface area contributed by atoms with E-state index in [1.54, 1.807) is 0 Å². The van der Waals surface area contributed by atoms with E-state index in [4.69, 9.17) is 9.40 Å². The zero-order chi connectivity index (χ0) is 23.2. The van der Waals surface area contributed by atoms with Crippen LogP contribution in [0.25, 0.3) is 44.1 Å². The fourth-order valence-electron chi connectivity index (χ4n) is 4.71. The van der Waals surface area contributed by atoms with Crippen LogP contribution in [0.4, 0.5) is 0 Å². The molecule has 2 heterocycles. The maximum absolute atomic E-state index is 5.81. The Balaban J connectivity index is 1.61. The molecule has 3 aromatic carbocycles. The van der Waals surface area contributed by atoms with Crippen LogP contribution in [-0.4, -0.2) is 4.98 Å². The van der Waals surface area contributed by atoms with Gasteiger partial charge in [-0.3, -0.25) is 4.98 Å². The number of aromatic nitrogens is 1. The van der Waals surface area contributed by atoms with Gasteiger partial charge in [0.25, 0.3) is 0 Å². The van der Waals surface area contributed by atoms with E-state index >= 15 is 0 Å². The predicted octanol–water partition coefficient (Wildman–Crippen LogP) is 8.81. The number of hydrogen-bond acceptors (Lipinski definition) is 2. The molecule has 0 fully saturated rings. The van der Waals surface area contributed by atoms with Crippen molar-refractivity contribution in [3.05, 3.63) is 90.3 Å². The van der Waals surface area contributed by atoms with Crippen LogP contribution in [0.2, 0.25) is 0 Å². The minimum absolute atomic E-state index is 0.0480. The van der Waals surface area contributed by atoms with Crippen molar-refractivity contribution in [2.24, 2.45) is 5.92 Å². The van der Waals surface area contributed by atoms with E-state index in [0.717, 1.165) is 23.3 Å². The minimum Gasteiger partial charge on any atom is -0.464 e. The molecule has 0 N–H and O–H groups in total. The number of hydrogen-bond donors (Lipinski definition) is 0. The standard InChI is InChI=1S/C31H31NO/c1-20(2)14-25-19-33-30-11-10-21(16-27(25)30)22-12-13-32-29(18-22)24-15-23-8-6-7-9-26(23)28(17-24)31(3,4)5/h6-13,15-20H,14H2,1-5H3. The second-order valence-electron chi connectivity index (χ2n) is 10.5. The van der Waals surface area contributed by atoms with Gasteiger partial charge in [-0.05, 0) is 87.2 Å². The van der Waals surface area contributed by atoms with Gasteiger partial charge in [0.2, 0.25) is 0 Å². The van der Waals surface area contributed by atoms with Gasteiger partial charge in [-0.1, -0.05) is 65.0 Å². The summed E-state index contributed by atoms with van der Waals surface area (Å²) in [4.78, 5) is 4.76. The van der Waals surface area contributed by atoms with Gasteiger partial charge >= 0.3 is 0 Å². The molecule has 0 saturated heterocycles. The van der Waals surface area contributed by atoms with Gasteiger partial charge in [-0.25, -0.2) is 0 Å². The first-order valence-corrected chi connectivity index (χ1v) is 11.8. The second-order valence-corrected chi connectivity index (χ2v) is 10.5. The zero-order valence-electron chi connectivity index (χ0n) is 20.1. The molecule has 166 valence electrons. The fourth-order valence-corrected chi connectivity index (χ4v) is 4.71. The molecule has 0 aliphatic carbocycles. The summed E-state index contributed by atoms with van der Waals surface area (Å²) in [5.74, 6) is 0.590. The van der Waals surface area contributed by atoms with Gasteiger partial charge in [0.1, 0.15) is 5.58 Å². The molecule has 0 unspecified atom stereocenters. The Hall–Kier alpha value is -3.39. The van der Waals surface area contributed by atoms with Crippen molar-refractivity contribution >= 4 is 21.7 Å². The Morgan fingerprint density at radius 1 is 0.818 bits per heavy atom. The first kappa shape index (κ1) is 21.5.